The van der Waals surface area contributed by atoms with E-state index >= 15 is 0 Å². The van der Waals surface area contributed by atoms with Crippen molar-refractivity contribution in [3.05, 3.63) is 23.8 Å². The van der Waals surface area contributed by atoms with E-state index in [1.807, 2.05) is 0 Å². The van der Waals surface area contributed by atoms with E-state index < -0.39 is 23.9 Å². The van der Waals surface area contributed by atoms with Gasteiger partial charge >= 0.3 is 17.9 Å². The quantitative estimate of drug-likeness (QED) is 0.360. The Labute approximate surface area is 133 Å². The summed E-state index contributed by atoms with van der Waals surface area (Å²) in [5.74, 6) is -3.28. The maximum atomic E-state index is 12.0. The van der Waals surface area contributed by atoms with Gasteiger partial charge in [0.25, 0.3) is 0 Å². The van der Waals surface area contributed by atoms with Crippen molar-refractivity contribution in [2.75, 3.05) is 6.54 Å². The number of benzene rings is 1. The lowest BCUT2D eigenvalue weighted by Crippen LogP contribution is -2.34. The first-order valence-electron chi connectivity index (χ1n) is 7.08. The van der Waals surface area contributed by atoms with Gasteiger partial charge in [-0.25, -0.2) is 9.59 Å². The number of carbonyl (C=O) groups excluding carboxylic acids is 2. The number of aromatic carboxylic acids is 1. The Morgan fingerprint density at radius 2 is 1.91 bits per heavy atom. The Bertz CT molecular complexity index is 587. The topological polar surface area (TPSA) is 142 Å². The SMILES string of the molecule is CC(=O)Oc1c(OC(=O)[C@@H](N)CCCCN)cccc1C(=O)O. The largest absolute Gasteiger partial charge is 0.478 e. The molecule has 0 aliphatic heterocycles. The number of para-hydroxylation sites is 1. The maximum absolute atomic E-state index is 12.0. The fraction of sp³-hybridized carbons (Fsp3) is 0.400. The molecule has 0 amide bonds. The summed E-state index contributed by atoms with van der Waals surface area (Å²) in [6, 6.07) is 3.06. The summed E-state index contributed by atoms with van der Waals surface area (Å²) >= 11 is 0. The van der Waals surface area contributed by atoms with Gasteiger partial charge in [-0.1, -0.05) is 12.5 Å². The van der Waals surface area contributed by atoms with Crippen LogP contribution in [0.3, 0.4) is 0 Å². The van der Waals surface area contributed by atoms with Crippen molar-refractivity contribution in [3.8, 4) is 11.5 Å². The highest BCUT2D eigenvalue weighted by molar-refractivity contribution is 5.93. The van der Waals surface area contributed by atoms with Crippen molar-refractivity contribution < 1.29 is 29.0 Å². The van der Waals surface area contributed by atoms with E-state index in [0.717, 1.165) is 13.3 Å². The number of esters is 2. The second kappa shape index (κ2) is 8.86. The van der Waals surface area contributed by atoms with Crippen molar-refractivity contribution in [1.82, 2.24) is 0 Å². The zero-order valence-corrected chi connectivity index (χ0v) is 12.8. The van der Waals surface area contributed by atoms with Gasteiger partial charge in [0.15, 0.2) is 11.5 Å². The molecule has 1 rings (SSSR count). The molecule has 0 aromatic heterocycles. The van der Waals surface area contributed by atoms with E-state index in [0.29, 0.717) is 19.4 Å². The summed E-state index contributed by atoms with van der Waals surface area (Å²) in [6.45, 7) is 1.61. The maximum Gasteiger partial charge on any atom is 0.339 e. The molecule has 8 nitrogen and oxygen atoms in total. The molecule has 0 spiro atoms. The van der Waals surface area contributed by atoms with Gasteiger partial charge in [-0.15, -0.1) is 0 Å². The zero-order valence-electron chi connectivity index (χ0n) is 12.8. The molecule has 0 heterocycles. The molecule has 126 valence electrons. The third-order valence-electron chi connectivity index (χ3n) is 2.94. The Morgan fingerprint density at radius 3 is 2.48 bits per heavy atom. The van der Waals surface area contributed by atoms with Crippen LogP contribution in [0.25, 0.3) is 0 Å². The zero-order chi connectivity index (χ0) is 17.4. The van der Waals surface area contributed by atoms with Crippen molar-refractivity contribution >= 4 is 17.9 Å². The van der Waals surface area contributed by atoms with Crippen LogP contribution in [-0.2, 0) is 9.59 Å². The monoisotopic (exact) mass is 324 g/mol. The van der Waals surface area contributed by atoms with Crippen LogP contribution in [-0.4, -0.2) is 35.6 Å². The van der Waals surface area contributed by atoms with E-state index in [9.17, 15) is 14.4 Å². The fourth-order valence-electron chi connectivity index (χ4n) is 1.82. The average Bonchev–Trinajstić information content (AvgIpc) is 2.48. The molecule has 0 bridgehead atoms. The normalized spacial score (nSPS) is 11.6. The highest BCUT2D eigenvalue weighted by Gasteiger charge is 2.22. The van der Waals surface area contributed by atoms with Gasteiger partial charge in [0, 0.05) is 6.92 Å². The third kappa shape index (κ3) is 5.68. The van der Waals surface area contributed by atoms with Gasteiger partial charge in [-0.05, 0) is 31.5 Å². The molecule has 23 heavy (non-hydrogen) atoms. The van der Waals surface area contributed by atoms with Crippen LogP contribution in [0.5, 0.6) is 11.5 Å². The third-order valence-corrected chi connectivity index (χ3v) is 2.94. The molecular weight excluding hydrogens is 304 g/mol. The molecule has 5 N–H and O–H groups in total. The first kappa shape index (κ1) is 18.6. The minimum atomic E-state index is -1.31. The van der Waals surface area contributed by atoms with Crippen LogP contribution in [0.4, 0.5) is 0 Å². The first-order chi connectivity index (χ1) is 10.9. The molecule has 1 aromatic rings. The smallest absolute Gasteiger partial charge is 0.339 e. The van der Waals surface area contributed by atoms with E-state index in [2.05, 4.69) is 0 Å². The average molecular weight is 324 g/mol. The summed E-state index contributed by atoms with van der Waals surface area (Å²) in [5.41, 5.74) is 10.8. The molecule has 1 aromatic carbocycles. The number of hydrogen-bond donors (Lipinski definition) is 3. The lowest BCUT2D eigenvalue weighted by molar-refractivity contribution is -0.137. The second-order valence-corrected chi connectivity index (χ2v) is 4.84. The van der Waals surface area contributed by atoms with Crippen LogP contribution in [0.15, 0.2) is 18.2 Å². The minimum absolute atomic E-state index is 0.167. The second-order valence-electron chi connectivity index (χ2n) is 4.84. The van der Waals surface area contributed by atoms with Crippen LogP contribution in [0.1, 0.15) is 36.5 Å². The number of hydrogen-bond acceptors (Lipinski definition) is 7. The van der Waals surface area contributed by atoms with Crippen LogP contribution in [0, 0.1) is 0 Å². The number of carbonyl (C=O) groups is 3. The van der Waals surface area contributed by atoms with Crippen molar-refractivity contribution in [1.29, 1.82) is 0 Å². The number of rotatable bonds is 8. The van der Waals surface area contributed by atoms with Gasteiger partial charge < -0.3 is 26.0 Å². The van der Waals surface area contributed by atoms with E-state index in [1.165, 1.54) is 18.2 Å². The number of nitrogens with two attached hydrogens (primary N) is 2. The summed E-state index contributed by atoms with van der Waals surface area (Å²) in [5, 5.41) is 9.12. The van der Waals surface area contributed by atoms with E-state index in [-0.39, 0.29) is 17.1 Å². The van der Waals surface area contributed by atoms with Gasteiger partial charge in [0.2, 0.25) is 0 Å². The number of unbranched alkanes of at least 4 members (excludes halogenated alkanes) is 1. The molecular formula is C15H20N2O6. The predicted molar refractivity (Wildman–Crippen MR) is 81.2 cm³/mol. The fourth-order valence-corrected chi connectivity index (χ4v) is 1.82. The number of carboxylic acids is 1. The van der Waals surface area contributed by atoms with Crippen molar-refractivity contribution in [2.24, 2.45) is 11.5 Å². The summed E-state index contributed by atoms with van der Waals surface area (Å²) in [4.78, 5) is 34.3. The predicted octanol–water partition coefficient (Wildman–Crippen LogP) is 0.672. The first-order valence-corrected chi connectivity index (χ1v) is 7.08. The Hall–Kier alpha value is -2.45. The molecule has 0 saturated heterocycles. The lowest BCUT2D eigenvalue weighted by atomic mass is 10.1. The van der Waals surface area contributed by atoms with Crippen LogP contribution in [0.2, 0.25) is 0 Å². The highest BCUT2D eigenvalue weighted by Crippen LogP contribution is 2.32. The molecule has 0 aliphatic carbocycles. The summed E-state index contributed by atoms with van der Waals surface area (Å²) < 4.78 is 9.96. The number of ether oxygens (including phenoxy) is 2. The molecule has 0 fully saturated rings. The standard InChI is InChI=1S/C15H20N2O6/c1-9(18)22-13-10(14(19)20)5-4-7-12(13)23-15(21)11(17)6-2-3-8-16/h4-5,7,11H,2-3,6,8,16-17H2,1H3,(H,19,20)/t11-/m0/s1. The Morgan fingerprint density at radius 1 is 1.22 bits per heavy atom. The Balaban J connectivity index is 2.94. The van der Waals surface area contributed by atoms with Crippen molar-refractivity contribution in [3.63, 3.8) is 0 Å². The molecule has 1 atom stereocenters. The van der Waals surface area contributed by atoms with Gasteiger partial charge in [0.1, 0.15) is 11.6 Å². The molecule has 0 saturated carbocycles. The van der Waals surface area contributed by atoms with E-state index in [4.69, 9.17) is 26.0 Å². The minimum Gasteiger partial charge on any atom is -0.478 e. The Kier molecular flexibility index (Phi) is 7.17. The van der Waals surface area contributed by atoms with E-state index in [1.54, 1.807) is 0 Å². The van der Waals surface area contributed by atoms with Crippen LogP contribution >= 0.6 is 0 Å². The van der Waals surface area contributed by atoms with Gasteiger partial charge in [0.05, 0.1) is 0 Å². The summed E-state index contributed by atoms with van der Waals surface area (Å²) in [7, 11) is 0. The number of carboxylic acid groups (broad SMARTS) is 1. The summed E-state index contributed by atoms with van der Waals surface area (Å²) in [6.07, 6.45) is 1.78. The van der Waals surface area contributed by atoms with Crippen LogP contribution < -0.4 is 20.9 Å². The van der Waals surface area contributed by atoms with Gasteiger partial charge in [-0.3, -0.25) is 4.79 Å². The molecule has 0 radical (unpaired) electrons. The highest BCUT2D eigenvalue weighted by atomic mass is 16.6. The lowest BCUT2D eigenvalue weighted by Gasteiger charge is -2.14. The molecule has 8 heteroatoms. The molecule has 0 unspecified atom stereocenters. The van der Waals surface area contributed by atoms with Gasteiger partial charge in [-0.2, -0.15) is 0 Å². The van der Waals surface area contributed by atoms with Crippen molar-refractivity contribution in [2.45, 2.75) is 32.2 Å². The molecule has 0 aliphatic rings.